The van der Waals surface area contributed by atoms with Gasteiger partial charge in [-0.25, -0.2) is 0 Å². The first kappa shape index (κ1) is 4.62. The van der Waals surface area contributed by atoms with Gasteiger partial charge >= 0.3 is 0 Å². The van der Waals surface area contributed by atoms with Crippen LogP contribution in [0.15, 0.2) is 16.6 Å². The first-order valence-corrected chi connectivity index (χ1v) is 2.83. The van der Waals surface area contributed by atoms with Crippen molar-refractivity contribution in [3.63, 3.8) is 0 Å². The van der Waals surface area contributed by atoms with Crippen LogP contribution < -0.4 is 10.8 Å². The number of hydrogen-bond donors (Lipinski definition) is 0. The molecule has 0 spiro atoms. The molecule has 9 heavy (non-hydrogen) atoms. The van der Waals surface area contributed by atoms with Gasteiger partial charge in [-0.05, 0) is 12.1 Å². The van der Waals surface area contributed by atoms with Crippen LogP contribution in [0, 0.1) is 0 Å². The maximum Gasteiger partial charge on any atom is 0.134 e. The Morgan fingerprint density at radius 1 is 1.44 bits per heavy atom. The monoisotopic (exact) mass is 118 g/mol. The molecule has 1 aromatic rings. The number of allylic oxidation sites excluding steroid dienone is 1. The van der Waals surface area contributed by atoms with Gasteiger partial charge in [-0.1, -0.05) is 18.7 Å². The lowest BCUT2D eigenvalue weighted by Gasteiger charge is -1.68. The zero-order valence-electron chi connectivity index (χ0n) is 4.92. The lowest BCUT2D eigenvalue weighted by molar-refractivity contribution is 0.504. The van der Waals surface area contributed by atoms with Crippen LogP contribution in [0.1, 0.15) is 5.56 Å². The van der Waals surface area contributed by atoms with Gasteiger partial charge in [0.25, 0.3) is 0 Å². The van der Waals surface area contributed by atoms with Crippen molar-refractivity contribution >= 4 is 18.7 Å². The maximum absolute atomic E-state index is 5.20. The van der Waals surface area contributed by atoms with Gasteiger partial charge in [0.05, 0.1) is 0 Å². The molecule has 1 heterocycles. The first-order chi connectivity index (χ1) is 4.36. The maximum atomic E-state index is 5.20. The standard InChI is InChI=1S/C8H6O/c1-6-5-7-3-2-4-8(7)9-6/h2-5H,1H2. The molecule has 2 rings (SSSR count). The summed E-state index contributed by atoms with van der Waals surface area (Å²) in [5, 5.41) is 0. The summed E-state index contributed by atoms with van der Waals surface area (Å²) in [5.74, 6) is 0. The second kappa shape index (κ2) is 1.38. The summed E-state index contributed by atoms with van der Waals surface area (Å²) in [6.45, 7) is 3.66. The number of hydrogen-bond acceptors (Lipinski definition) is 1. The molecule has 1 aliphatic rings. The fourth-order valence-electron chi connectivity index (χ4n) is 0.974. The minimum absolute atomic E-state index is 0.737. The predicted molar refractivity (Wildman–Crippen MR) is 37.0 cm³/mol. The average Bonchev–Trinajstić information content (AvgIpc) is 2.22. The molecule has 0 bridgehead atoms. The summed E-state index contributed by atoms with van der Waals surface area (Å²) in [5.41, 5.74) is 2.81. The van der Waals surface area contributed by atoms with Crippen molar-refractivity contribution in [3.8, 4) is 0 Å². The highest BCUT2D eigenvalue weighted by Gasteiger charge is 1.97. The van der Waals surface area contributed by atoms with Gasteiger partial charge in [0.15, 0.2) is 0 Å². The van der Waals surface area contributed by atoms with Crippen LogP contribution in [0.2, 0.25) is 0 Å². The van der Waals surface area contributed by atoms with Crippen LogP contribution in [-0.4, -0.2) is 0 Å². The average molecular weight is 118 g/mol. The Morgan fingerprint density at radius 3 is 3.11 bits per heavy atom. The molecule has 0 aliphatic heterocycles. The molecule has 0 fully saturated rings. The van der Waals surface area contributed by atoms with Crippen LogP contribution in [0.4, 0.5) is 0 Å². The van der Waals surface area contributed by atoms with Gasteiger partial charge in [-0.3, -0.25) is 0 Å². The number of furan rings is 1. The summed E-state index contributed by atoms with van der Waals surface area (Å²) < 4.78 is 5.20. The molecule has 0 atom stereocenters. The molecule has 44 valence electrons. The molecule has 0 amide bonds. The molecular formula is C8H6O. The molecule has 0 saturated heterocycles. The normalized spacial score (nSPS) is 13.3. The van der Waals surface area contributed by atoms with E-state index in [-0.39, 0.29) is 0 Å². The van der Waals surface area contributed by atoms with Crippen molar-refractivity contribution in [2.24, 2.45) is 0 Å². The van der Waals surface area contributed by atoms with Crippen molar-refractivity contribution in [1.29, 1.82) is 0 Å². The van der Waals surface area contributed by atoms with E-state index in [9.17, 15) is 0 Å². The van der Waals surface area contributed by atoms with Crippen LogP contribution in [0.5, 0.6) is 0 Å². The van der Waals surface area contributed by atoms with Crippen molar-refractivity contribution in [2.75, 3.05) is 0 Å². The molecule has 1 aromatic heterocycles. The Morgan fingerprint density at radius 2 is 2.33 bits per heavy atom. The van der Waals surface area contributed by atoms with Crippen molar-refractivity contribution < 1.29 is 4.42 Å². The van der Waals surface area contributed by atoms with Gasteiger partial charge in [-0.2, -0.15) is 0 Å². The largest absolute Gasteiger partial charge is 0.457 e. The topological polar surface area (TPSA) is 13.1 Å². The SMILES string of the molecule is C=c1cc2c(o1)=CC=C2. The molecule has 0 saturated carbocycles. The number of rotatable bonds is 0. The first-order valence-electron chi connectivity index (χ1n) is 2.83. The Kier molecular flexibility index (Phi) is 0.707. The molecule has 1 nitrogen and oxygen atoms in total. The van der Waals surface area contributed by atoms with E-state index in [0.29, 0.717) is 0 Å². The fraction of sp³-hybridized carbons (Fsp3) is 0. The van der Waals surface area contributed by atoms with Gasteiger partial charge in [0.2, 0.25) is 0 Å². The summed E-state index contributed by atoms with van der Waals surface area (Å²) in [6, 6.07) is 1.93. The van der Waals surface area contributed by atoms with Crippen LogP contribution in [0.25, 0.3) is 18.7 Å². The zero-order chi connectivity index (χ0) is 6.27. The smallest absolute Gasteiger partial charge is 0.134 e. The second-order valence-electron chi connectivity index (χ2n) is 2.06. The van der Waals surface area contributed by atoms with E-state index in [0.717, 1.165) is 16.4 Å². The van der Waals surface area contributed by atoms with E-state index in [1.54, 1.807) is 0 Å². The second-order valence-corrected chi connectivity index (χ2v) is 2.06. The minimum Gasteiger partial charge on any atom is -0.457 e. The minimum atomic E-state index is 0.737. The van der Waals surface area contributed by atoms with E-state index < -0.39 is 0 Å². The third-order valence-corrected chi connectivity index (χ3v) is 1.37. The van der Waals surface area contributed by atoms with E-state index in [2.05, 4.69) is 6.58 Å². The zero-order valence-corrected chi connectivity index (χ0v) is 4.92. The number of fused-ring (bicyclic) bond motifs is 1. The highest BCUT2D eigenvalue weighted by molar-refractivity contribution is 5.64. The van der Waals surface area contributed by atoms with Gasteiger partial charge in [0, 0.05) is 5.56 Å². The van der Waals surface area contributed by atoms with E-state index >= 15 is 0 Å². The Balaban J connectivity index is 2.96. The Labute approximate surface area is 52.6 Å². The van der Waals surface area contributed by atoms with Crippen molar-refractivity contribution in [3.05, 3.63) is 28.5 Å². The molecule has 0 N–H and O–H groups in total. The molecule has 1 heteroatoms. The third-order valence-electron chi connectivity index (χ3n) is 1.37. The third kappa shape index (κ3) is 0.545. The van der Waals surface area contributed by atoms with Crippen LogP contribution in [-0.2, 0) is 0 Å². The van der Waals surface area contributed by atoms with E-state index in [1.807, 2.05) is 24.3 Å². The molecular weight excluding hydrogens is 112 g/mol. The van der Waals surface area contributed by atoms with Gasteiger partial charge in [0.1, 0.15) is 10.8 Å². The fourth-order valence-corrected chi connectivity index (χ4v) is 0.974. The van der Waals surface area contributed by atoms with E-state index in [4.69, 9.17) is 4.42 Å². The summed E-state index contributed by atoms with van der Waals surface area (Å²) in [6.07, 6.45) is 5.91. The van der Waals surface area contributed by atoms with Crippen LogP contribution in [0.3, 0.4) is 0 Å². The van der Waals surface area contributed by atoms with E-state index in [1.165, 1.54) is 0 Å². The molecule has 0 aromatic carbocycles. The summed E-state index contributed by atoms with van der Waals surface area (Å²) >= 11 is 0. The molecule has 0 unspecified atom stereocenters. The highest BCUT2D eigenvalue weighted by atomic mass is 16.3. The lowest BCUT2D eigenvalue weighted by Crippen LogP contribution is -1.95. The summed E-state index contributed by atoms with van der Waals surface area (Å²) in [7, 11) is 0. The summed E-state index contributed by atoms with van der Waals surface area (Å²) in [4.78, 5) is 0. The van der Waals surface area contributed by atoms with Crippen molar-refractivity contribution in [2.45, 2.75) is 0 Å². The quantitative estimate of drug-likeness (QED) is 0.483. The lowest BCUT2D eigenvalue weighted by atomic mass is 10.3. The van der Waals surface area contributed by atoms with Gasteiger partial charge in [-0.15, -0.1) is 0 Å². The molecule has 1 aliphatic carbocycles. The van der Waals surface area contributed by atoms with Crippen LogP contribution >= 0.6 is 0 Å². The highest BCUT2D eigenvalue weighted by Crippen LogP contribution is 1.97. The van der Waals surface area contributed by atoms with Gasteiger partial charge < -0.3 is 4.42 Å². The Bertz CT molecular complexity index is 354. The molecule has 0 radical (unpaired) electrons. The Hall–Kier alpha value is -1.24. The predicted octanol–water partition coefficient (Wildman–Crippen LogP) is 0.497. The van der Waals surface area contributed by atoms with Crippen molar-refractivity contribution in [1.82, 2.24) is 0 Å².